The van der Waals surface area contributed by atoms with E-state index in [4.69, 9.17) is 4.74 Å². The molecule has 0 aromatic carbocycles. The van der Waals surface area contributed by atoms with Crippen LogP contribution in [0.1, 0.15) is 20.8 Å². The van der Waals surface area contributed by atoms with Crippen LogP contribution in [0, 0.1) is 0 Å². The lowest BCUT2D eigenvalue weighted by Crippen LogP contribution is -2.54. The largest absolute Gasteiger partial charge is 0.460 e. The predicted molar refractivity (Wildman–Crippen MR) is 68.3 cm³/mol. The van der Waals surface area contributed by atoms with Gasteiger partial charge in [0.15, 0.2) is 5.76 Å². The summed E-state index contributed by atoms with van der Waals surface area (Å²) in [4.78, 5) is 16.0. The van der Waals surface area contributed by atoms with Crippen molar-refractivity contribution in [1.82, 2.24) is 9.80 Å². The van der Waals surface area contributed by atoms with E-state index >= 15 is 0 Å². The second-order valence-electron chi connectivity index (χ2n) is 5.16. The predicted octanol–water partition coefficient (Wildman–Crippen LogP) is 1.60. The quantitative estimate of drug-likeness (QED) is 0.553. The first-order valence-corrected chi connectivity index (χ1v) is 5.87. The topological polar surface area (TPSA) is 32.8 Å². The summed E-state index contributed by atoms with van der Waals surface area (Å²) < 4.78 is 4.92. The molecule has 0 N–H and O–H groups in total. The summed E-state index contributed by atoms with van der Waals surface area (Å²) >= 11 is 0. The zero-order valence-corrected chi connectivity index (χ0v) is 11.0. The normalized spacial score (nSPS) is 17.7. The van der Waals surface area contributed by atoms with Gasteiger partial charge in [0.2, 0.25) is 0 Å². The van der Waals surface area contributed by atoms with Gasteiger partial charge in [-0.1, -0.05) is 13.2 Å². The average molecular weight is 238 g/mol. The van der Waals surface area contributed by atoms with E-state index in [1.165, 1.54) is 6.26 Å². The Hall–Kier alpha value is -1.29. The molecule has 1 rings (SSSR count). The molecule has 1 amide bonds. The van der Waals surface area contributed by atoms with Crippen LogP contribution in [-0.4, -0.2) is 47.4 Å². The van der Waals surface area contributed by atoms with Gasteiger partial charge in [0.25, 0.3) is 5.91 Å². The van der Waals surface area contributed by atoms with Gasteiger partial charge in [-0.25, -0.2) is 0 Å². The van der Waals surface area contributed by atoms with E-state index in [-0.39, 0.29) is 17.2 Å². The fourth-order valence-electron chi connectivity index (χ4n) is 1.91. The molecule has 0 aliphatic carbocycles. The molecule has 0 bridgehead atoms. The lowest BCUT2D eigenvalue weighted by atomic mass is 10.0. The fraction of sp³-hybridized carbons (Fsp3) is 0.615. The number of carbonyl (C=O) groups is 1. The van der Waals surface area contributed by atoms with Gasteiger partial charge in [-0.05, 0) is 20.8 Å². The Morgan fingerprint density at radius 2 is 1.76 bits per heavy atom. The molecule has 4 heteroatoms. The summed E-state index contributed by atoms with van der Waals surface area (Å²) in [6.45, 7) is 16.8. The minimum atomic E-state index is -0.140. The van der Waals surface area contributed by atoms with E-state index in [0.717, 1.165) is 26.2 Å². The zero-order valence-electron chi connectivity index (χ0n) is 11.0. The van der Waals surface area contributed by atoms with Gasteiger partial charge in [0.05, 0.1) is 6.26 Å². The molecule has 1 saturated heterocycles. The molecule has 4 nitrogen and oxygen atoms in total. The highest BCUT2D eigenvalue weighted by Crippen LogP contribution is 2.16. The maximum absolute atomic E-state index is 11.9. The minimum Gasteiger partial charge on any atom is -0.460 e. The number of hydrogen-bond donors (Lipinski definition) is 0. The number of piperazine rings is 1. The molecule has 0 saturated carbocycles. The molecule has 1 heterocycles. The summed E-state index contributed by atoms with van der Waals surface area (Å²) in [6, 6.07) is 0. The number of nitrogens with zero attached hydrogens (tertiary/aromatic N) is 2. The maximum atomic E-state index is 11.9. The Morgan fingerprint density at radius 3 is 2.18 bits per heavy atom. The van der Waals surface area contributed by atoms with Crippen LogP contribution in [0.5, 0.6) is 0 Å². The summed E-state index contributed by atoms with van der Waals surface area (Å²) in [5, 5.41) is 0. The van der Waals surface area contributed by atoms with Crippen molar-refractivity contribution in [3.8, 4) is 0 Å². The van der Waals surface area contributed by atoms with Crippen LogP contribution in [0.25, 0.3) is 0 Å². The summed E-state index contributed by atoms with van der Waals surface area (Å²) in [5.74, 6) is 0.00247. The summed E-state index contributed by atoms with van der Waals surface area (Å²) in [5.41, 5.74) is 0.157. The van der Waals surface area contributed by atoms with Gasteiger partial charge in [-0.15, -0.1) is 0 Å². The van der Waals surface area contributed by atoms with E-state index in [2.05, 4.69) is 38.8 Å². The van der Waals surface area contributed by atoms with Crippen molar-refractivity contribution in [2.45, 2.75) is 26.3 Å². The number of amides is 1. The molecule has 0 aromatic heterocycles. The van der Waals surface area contributed by atoms with Gasteiger partial charge >= 0.3 is 0 Å². The van der Waals surface area contributed by atoms with E-state index in [0.29, 0.717) is 0 Å². The lowest BCUT2D eigenvalue weighted by Gasteiger charge is -2.42. The standard InChI is InChI=1S/C13H22N2O2/c1-6-17-11(2)12(16)14-7-9-15(10-8-14)13(3,4)5/h6H,1-2,7-10H2,3-5H3. The van der Waals surface area contributed by atoms with Crippen LogP contribution >= 0.6 is 0 Å². The van der Waals surface area contributed by atoms with Crippen molar-refractivity contribution in [3.05, 3.63) is 25.2 Å². The number of carbonyl (C=O) groups excluding carboxylic acids is 1. The molecule has 1 fully saturated rings. The van der Waals surface area contributed by atoms with Crippen molar-refractivity contribution >= 4 is 5.91 Å². The van der Waals surface area contributed by atoms with Gasteiger partial charge in [-0.3, -0.25) is 9.69 Å². The molecule has 0 unspecified atom stereocenters. The van der Waals surface area contributed by atoms with Crippen molar-refractivity contribution in [1.29, 1.82) is 0 Å². The van der Waals surface area contributed by atoms with Crippen molar-refractivity contribution < 1.29 is 9.53 Å². The fourth-order valence-corrected chi connectivity index (χ4v) is 1.91. The summed E-state index contributed by atoms with van der Waals surface area (Å²) in [6.07, 6.45) is 1.23. The van der Waals surface area contributed by atoms with Crippen LogP contribution in [0.4, 0.5) is 0 Å². The molecule has 0 radical (unpaired) electrons. The Morgan fingerprint density at radius 1 is 1.24 bits per heavy atom. The highest BCUT2D eigenvalue weighted by atomic mass is 16.5. The molecule has 0 spiro atoms. The first-order valence-electron chi connectivity index (χ1n) is 5.87. The van der Waals surface area contributed by atoms with Crippen LogP contribution in [0.3, 0.4) is 0 Å². The van der Waals surface area contributed by atoms with Crippen molar-refractivity contribution in [3.63, 3.8) is 0 Å². The van der Waals surface area contributed by atoms with Gasteiger partial charge in [-0.2, -0.15) is 0 Å². The highest BCUT2D eigenvalue weighted by Gasteiger charge is 2.28. The third kappa shape index (κ3) is 3.60. The van der Waals surface area contributed by atoms with Crippen LogP contribution < -0.4 is 0 Å². The van der Waals surface area contributed by atoms with Crippen molar-refractivity contribution in [2.75, 3.05) is 26.2 Å². The Labute approximate surface area is 104 Å². The Balaban J connectivity index is 2.49. The molecule has 17 heavy (non-hydrogen) atoms. The van der Waals surface area contributed by atoms with Gasteiger partial charge in [0.1, 0.15) is 0 Å². The second-order valence-corrected chi connectivity index (χ2v) is 5.16. The van der Waals surface area contributed by atoms with Crippen molar-refractivity contribution in [2.24, 2.45) is 0 Å². The molecular formula is C13H22N2O2. The number of ether oxygens (including phenoxy) is 1. The smallest absolute Gasteiger partial charge is 0.288 e. The lowest BCUT2D eigenvalue weighted by molar-refractivity contribution is -0.132. The minimum absolute atomic E-state index is 0.140. The van der Waals surface area contributed by atoms with Crippen LogP contribution in [-0.2, 0) is 9.53 Å². The van der Waals surface area contributed by atoms with E-state index in [1.54, 1.807) is 4.90 Å². The third-order valence-corrected chi connectivity index (χ3v) is 2.98. The molecular weight excluding hydrogens is 216 g/mol. The highest BCUT2D eigenvalue weighted by molar-refractivity contribution is 5.91. The molecule has 0 aromatic rings. The first-order chi connectivity index (χ1) is 7.86. The monoisotopic (exact) mass is 238 g/mol. The van der Waals surface area contributed by atoms with E-state index in [1.807, 2.05) is 0 Å². The molecule has 96 valence electrons. The Bertz CT molecular complexity index is 310. The maximum Gasteiger partial charge on any atom is 0.288 e. The summed E-state index contributed by atoms with van der Waals surface area (Å²) in [7, 11) is 0. The Kier molecular flexibility index (Phi) is 4.34. The van der Waals surface area contributed by atoms with E-state index < -0.39 is 0 Å². The van der Waals surface area contributed by atoms with Gasteiger partial charge in [0, 0.05) is 31.7 Å². The van der Waals surface area contributed by atoms with E-state index in [9.17, 15) is 4.79 Å². The second kappa shape index (κ2) is 5.36. The first kappa shape index (κ1) is 13.8. The third-order valence-electron chi connectivity index (χ3n) is 2.98. The number of hydrogen-bond acceptors (Lipinski definition) is 3. The molecule has 0 atom stereocenters. The zero-order chi connectivity index (χ0) is 13.1. The average Bonchev–Trinajstić information content (AvgIpc) is 2.27. The van der Waals surface area contributed by atoms with Crippen LogP contribution in [0.2, 0.25) is 0 Å². The van der Waals surface area contributed by atoms with Crippen LogP contribution in [0.15, 0.2) is 25.2 Å². The SMILES string of the molecule is C=COC(=C)C(=O)N1CCN(C(C)(C)C)CC1. The molecule has 1 aliphatic heterocycles. The number of rotatable bonds is 3. The van der Waals surface area contributed by atoms with Gasteiger partial charge < -0.3 is 9.64 Å². The molecule has 1 aliphatic rings.